The van der Waals surface area contributed by atoms with E-state index < -0.39 is 18.1 Å². The molecule has 2 aromatic carbocycles. The maximum atomic E-state index is 12.7. The Morgan fingerprint density at radius 2 is 1.61 bits per heavy atom. The lowest BCUT2D eigenvalue weighted by Crippen LogP contribution is -2.42. The number of benzene rings is 2. The fourth-order valence-electron chi connectivity index (χ4n) is 2.58. The molecule has 0 saturated heterocycles. The van der Waals surface area contributed by atoms with Gasteiger partial charge in [0, 0.05) is 12.0 Å². The molecule has 0 saturated carbocycles. The molecule has 2 rings (SSSR count). The molecule has 6 heteroatoms. The van der Waals surface area contributed by atoms with Crippen LogP contribution in [0.2, 0.25) is 0 Å². The standard InChI is InChI=1S/C22H23NO5/c1-3-17(20(24)18-12-8-5-9-13-18)14-19(21(25)27-2)23-22(26)28-15-16-10-6-4-7-11-16/h3-13,19H,14-15H2,1-2H3,(H,23,26)/b17-3-. The molecule has 0 aliphatic heterocycles. The third kappa shape index (κ3) is 6.09. The lowest BCUT2D eigenvalue weighted by molar-refractivity contribution is -0.142. The minimum absolute atomic E-state index is 0.00264. The van der Waals surface area contributed by atoms with Crippen LogP contribution in [0.5, 0.6) is 0 Å². The Morgan fingerprint density at radius 3 is 2.18 bits per heavy atom. The third-order valence-corrected chi connectivity index (χ3v) is 4.09. The van der Waals surface area contributed by atoms with Crippen LogP contribution in [0.3, 0.4) is 0 Å². The van der Waals surface area contributed by atoms with Gasteiger partial charge in [0.25, 0.3) is 0 Å². The second-order valence-electron chi connectivity index (χ2n) is 6.00. The van der Waals surface area contributed by atoms with E-state index in [2.05, 4.69) is 5.32 Å². The van der Waals surface area contributed by atoms with Gasteiger partial charge >= 0.3 is 12.1 Å². The Morgan fingerprint density at radius 1 is 1.00 bits per heavy atom. The minimum Gasteiger partial charge on any atom is -0.467 e. The Balaban J connectivity index is 2.02. The molecule has 1 unspecified atom stereocenters. The molecule has 0 spiro atoms. The van der Waals surface area contributed by atoms with Crippen LogP contribution in [0.15, 0.2) is 72.3 Å². The summed E-state index contributed by atoms with van der Waals surface area (Å²) < 4.78 is 9.91. The first-order chi connectivity index (χ1) is 13.5. The van der Waals surface area contributed by atoms with E-state index in [-0.39, 0.29) is 18.8 Å². The van der Waals surface area contributed by atoms with E-state index in [0.29, 0.717) is 11.1 Å². The number of allylic oxidation sites excluding steroid dienone is 1. The smallest absolute Gasteiger partial charge is 0.408 e. The van der Waals surface area contributed by atoms with E-state index >= 15 is 0 Å². The number of nitrogens with one attached hydrogen (secondary N) is 1. The zero-order chi connectivity index (χ0) is 20.4. The number of carbonyl (C=O) groups is 3. The van der Waals surface area contributed by atoms with Gasteiger partial charge in [-0.1, -0.05) is 66.7 Å². The fourth-order valence-corrected chi connectivity index (χ4v) is 2.58. The van der Waals surface area contributed by atoms with Gasteiger partial charge in [-0.05, 0) is 18.1 Å². The van der Waals surface area contributed by atoms with E-state index in [1.807, 2.05) is 36.4 Å². The predicted octanol–water partition coefficient (Wildman–Crippen LogP) is 3.67. The largest absolute Gasteiger partial charge is 0.467 e. The van der Waals surface area contributed by atoms with Crippen LogP contribution < -0.4 is 5.32 Å². The van der Waals surface area contributed by atoms with Crippen LogP contribution in [-0.4, -0.2) is 31.0 Å². The zero-order valence-electron chi connectivity index (χ0n) is 15.9. The summed E-state index contributed by atoms with van der Waals surface area (Å²) in [5.74, 6) is -0.867. The number of hydrogen-bond acceptors (Lipinski definition) is 5. The highest BCUT2D eigenvalue weighted by molar-refractivity contribution is 6.09. The van der Waals surface area contributed by atoms with Crippen molar-refractivity contribution in [1.29, 1.82) is 0 Å². The highest BCUT2D eigenvalue weighted by atomic mass is 16.6. The van der Waals surface area contributed by atoms with Crippen molar-refractivity contribution >= 4 is 17.8 Å². The third-order valence-electron chi connectivity index (χ3n) is 4.09. The number of Topliss-reactive ketones (excluding diaryl/α,β-unsaturated/α-hetero) is 1. The van der Waals surface area contributed by atoms with E-state index in [4.69, 9.17) is 9.47 Å². The molecule has 0 fully saturated rings. The number of methoxy groups -OCH3 is 1. The van der Waals surface area contributed by atoms with Crippen molar-refractivity contribution in [2.75, 3.05) is 7.11 Å². The molecule has 6 nitrogen and oxygen atoms in total. The summed E-state index contributed by atoms with van der Waals surface area (Å²) in [6, 6.07) is 16.9. The molecular weight excluding hydrogens is 358 g/mol. The number of rotatable bonds is 8. The van der Waals surface area contributed by atoms with Gasteiger partial charge in [0.2, 0.25) is 0 Å². The van der Waals surface area contributed by atoms with E-state index in [0.717, 1.165) is 5.56 Å². The van der Waals surface area contributed by atoms with E-state index in [1.165, 1.54) is 7.11 Å². The van der Waals surface area contributed by atoms with Crippen LogP contribution in [0.4, 0.5) is 4.79 Å². The molecular formula is C22H23NO5. The van der Waals surface area contributed by atoms with E-state index in [9.17, 15) is 14.4 Å². The van der Waals surface area contributed by atoms with Gasteiger partial charge in [0.1, 0.15) is 12.6 Å². The lowest BCUT2D eigenvalue weighted by Gasteiger charge is -2.18. The maximum absolute atomic E-state index is 12.7. The van der Waals surface area contributed by atoms with Crippen LogP contribution in [0.1, 0.15) is 29.3 Å². The number of esters is 1. The quantitative estimate of drug-likeness (QED) is 0.429. The summed E-state index contributed by atoms with van der Waals surface area (Å²) in [5.41, 5.74) is 1.72. The molecule has 1 atom stereocenters. The molecule has 0 radical (unpaired) electrons. The van der Waals surface area contributed by atoms with Gasteiger partial charge in [0.15, 0.2) is 5.78 Å². The van der Waals surface area contributed by atoms with Crippen molar-refractivity contribution in [1.82, 2.24) is 5.32 Å². The maximum Gasteiger partial charge on any atom is 0.408 e. The summed E-state index contributed by atoms with van der Waals surface area (Å²) in [6.07, 6.45) is 0.862. The van der Waals surface area contributed by atoms with Crippen LogP contribution in [0.25, 0.3) is 0 Å². The zero-order valence-corrected chi connectivity index (χ0v) is 15.9. The van der Waals surface area contributed by atoms with Crippen molar-refractivity contribution in [3.05, 3.63) is 83.4 Å². The van der Waals surface area contributed by atoms with E-state index in [1.54, 1.807) is 37.3 Å². The second kappa shape index (κ2) is 10.7. The molecule has 0 aliphatic carbocycles. The van der Waals surface area contributed by atoms with Crippen molar-refractivity contribution < 1.29 is 23.9 Å². The van der Waals surface area contributed by atoms with Crippen LogP contribution in [-0.2, 0) is 20.9 Å². The number of ether oxygens (including phenoxy) is 2. The normalized spacial score (nSPS) is 12.0. The summed E-state index contributed by atoms with van der Waals surface area (Å²) >= 11 is 0. The molecule has 1 N–H and O–H groups in total. The molecule has 0 bridgehead atoms. The van der Waals surface area contributed by atoms with Gasteiger partial charge in [-0.2, -0.15) is 0 Å². The Hall–Kier alpha value is -3.41. The SMILES string of the molecule is C/C=C(/CC(NC(=O)OCc1ccccc1)C(=O)OC)C(=O)c1ccccc1. The second-order valence-corrected chi connectivity index (χ2v) is 6.00. The lowest BCUT2D eigenvalue weighted by atomic mass is 9.97. The first-order valence-electron chi connectivity index (χ1n) is 8.85. The molecule has 0 heterocycles. The number of alkyl carbamates (subject to hydrolysis) is 1. The van der Waals surface area contributed by atoms with Crippen molar-refractivity contribution in [2.24, 2.45) is 0 Å². The van der Waals surface area contributed by atoms with Crippen molar-refractivity contribution in [3.63, 3.8) is 0 Å². The highest BCUT2D eigenvalue weighted by Gasteiger charge is 2.26. The Kier molecular flexibility index (Phi) is 7.96. The van der Waals surface area contributed by atoms with Gasteiger partial charge in [0.05, 0.1) is 7.11 Å². The summed E-state index contributed by atoms with van der Waals surface area (Å²) in [7, 11) is 1.22. The summed E-state index contributed by atoms with van der Waals surface area (Å²) in [4.78, 5) is 36.9. The number of carbonyl (C=O) groups excluding carboxylic acids is 3. The minimum atomic E-state index is -1.04. The summed E-state index contributed by atoms with van der Waals surface area (Å²) in [6.45, 7) is 1.78. The van der Waals surface area contributed by atoms with Gasteiger partial charge in [-0.15, -0.1) is 0 Å². The average molecular weight is 381 g/mol. The first kappa shape index (κ1) is 20.9. The molecule has 0 aliphatic rings. The Bertz CT molecular complexity index is 831. The molecule has 1 amide bonds. The summed E-state index contributed by atoms with van der Waals surface area (Å²) in [5, 5.41) is 2.48. The number of ketones is 1. The average Bonchev–Trinajstić information content (AvgIpc) is 2.75. The van der Waals surface area contributed by atoms with Crippen LogP contribution in [0, 0.1) is 0 Å². The van der Waals surface area contributed by atoms with Gasteiger partial charge in [-0.3, -0.25) is 4.79 Å². The van der Waals surface area contributed by atoms with Crippen molar-refractivity contribution in [2.45, 2.75) is 26.0 Å². The monoisotopic (exact) mass is 381 g/mol. The number of amides is 1. The number of hydrogen-bond donors (Lipinski definition) is 1. The molecule has 0 aromatic heterocycles. The highest BCUT2D eigenvalue weighted by Crippen LogP contribution is 2.15. The van der Waals surface area contributed by atoms with Gasteiger partial charge in [-0.25, -0.2) is 9.59 Å². The Labute approximate surface area is 164 Å². The first-order valence-corrected chi connectivity index (χ1v) is 8.85. The molecule has 2 aromatic rings. The fraction of sp³-hybridized carbons (Fsp3) is 0.227. The predicted molar refractivity (Wildman–Crippen MR) is 105 cm³/mol. The van der Waals surface area contributed by atoms with Crippen molar-refractivity contribution in [3.8, 4) is 0 Å². The van der Waals surface area contributed by atoms with Crippen LogP contribution >= 0.6 is 0 Å². The molecule has 146 valence electrons. The topological polar surface area (TPSA) is 81.7 Å². The molecule has 28 heavy (non-hydrogen) atoms. The van der Waals surface area contributed by atoms with Gasteiger partial charge < -0.3 is 14.8 Å².